The van der Waals surface area contributed by atoms with Gasteiger partial charge in [-0.15, -0.1) is 0 Å². The molecule has 42 heavy (non-hydrogen) atoms. The van der Waals surface area contributed by atoms with Gasteiger partial charge in [0, 0.05) is 17.2 Å². The van der Waals surface area contributed by atoms with Crippen LogP contribution in [-0.2, 0) is 4.79 Å². The lowest BCUT2D eigenvalue weighted by Crippen LogP contribution is -2.48. The number of nitrogens with zero attached hydrogens (tertiary/aromatic N) is 1. The molecule has 5 rings (SSSR count). The molecule has 4 atom stereocenters. The molecule has 0 radical (unpaired) electrons. The molecule has 0 spiro atoms. The smallest absolute Gasteiger partial charge is 0.323 e. The highest BCUT2D eigenvalue weighted by molar-refractivity contribution is 6.03. The molecule has 0 bridgehead atoms. The minimum absolute atomic E-state index is 0.205. The molecule has 4 unspecified atom stereocenters. The van der Waals surface area contributed by atoms with Gasteiger partial charge in [0.15, 0.2) is 5.78 Å². The number of hydrogen-bond acceptors (Lipinski definition) is 5. The Labute approximate surface area is 245 Å². The van der Waals surface area contributed by atoms with Crippen molar-refractivity contribution in [2.45, 2.75) is 24.9 Å². The number of hydrogen-bond donors (Lipinski definition) is 2. The normalized spacial score (nSPS) is 19.6. The van der Waals surface area contributed by atoms with E-state index < -0.39 is 35.9 Å². The topological polar surface area (TPSA) is 111 Å². The van der Waals surface area contributed by atoms with E-state index in [0.717, 1.165) is 16.7 Å². The summed E-state index contributed by atoms with van der Waals surface area (Å²) < 4.78 is 10.5. The lowest BCUT2D eigenvalue weighted by molar-refractivity contribution is -0.122. The monoisotopic (exact) mass is 563 g/mol. The summed E-state index contributed by atoms with van der Waals surface area (Å²) in [4.78, 5) is 43.4. The standard InChI is InChI=1S/C34H33N3O5/c1-21-9-11-23(12-10-21)30-29(32(38)24-13-17-26(41-2)18-14-24)28(22-7-5-4-6-8-22)31(33(35)39)37(30)34(40)36-25-15-19-27(42-3)20-16-25/h4-20,28-31H,1-3H3,(H2,35,39)(H,36,40). The van der Waals surface area contributed by atoms with Crippen LogP contribution in [0.15, 0.2) is 103 Å². The summed E-state index contributed by atoms with van der Waals surface area (Å²) >= 11 is 0. The van der Waals surface area contributed by atoms with Crippen LogP contribution in [-0.4, -0.2) is 42.9 Å². The highest BCUT2D eigenvalue weighted by Crippen LogP contribution is 2.51. The van der Waals surface area contributed by atoms with Gasteiger partial charge in [-0.3, -0.25) is 9.59 Å². The van der Waals surface area contributed by atoms with Crippen molar-refractivity contribution in [1.29, 1.82) is 0 Å². The molecule has 8 heteroatoms. The van der Waals surface area contributed by atoms with Gasteiger partial charge < -0.3 is 25.4 Å². The second-order valence-corrected chi connectivity index (χ2v) is 10.3. The predicted molar refractivity (Wildman–Crippen MR) is 161 cm³/mol. The molecule has 1 aliphatic rings. The summed E-state index contributed by atoms with van der Waals surface area (Å²) in [6.07, 6.45) is 0. The van der Waals surface area contributed by atoms with E-state index in [1.54, 1.807) is 62.8 Å². The average Bonchev–Trinajstić information content (AvgIpc) is 3.38. The number of urea groups is 1. The van der Waals surface area contributed by atoms with Gasteiger partial charge in [-0.1, -0.05) is 60.2 Å². The van der Waals surface area contributed by atoms with Gasteiger partial charge in [-0.25, -0.2) is 4.79 Å². The summed E-state index contributed by atoms with van der Waals surface area (Å²) in [6, 6.07) is 28.2. The first kappa shape index (κ1) is 28.4. The Morgan fingerprint density at radius 3 is 1.86 bits per heavy atom. The molecule has 1 saturated heterocycles. The number of primary amides is 1. The number of rotatable bonds is 8. The zero-order valence-corrected chi connectivity index (χ0v) is 23.7. The number of carbonyl (C=O) groups excluding carboxylic acids is 3. The molecule has 3 N–H and O–H groups in total. The molecule has 8 nitrogen and oxygen atoms in total. The Morgan fingerprint density at radius 2 is 1.31 bits per heavy atom. The Kier molecular flexibility index (Phi) is 8.24. The highest BCUT2D eigenvalue weighted by atomic mass is 16.5. The number of amides is 3. The molecule has 0 saturated carbocycles. The number of Topliss-reactive ketones (excluding diaryl/α,β-unsaturated/α-hetero) is 1. The maximum atomic E-state index is 14.5. The van der Waals surface area contributed by atoms with Crippen LogP contribution in [0.2, 0.25) is 0 Å². The van der Waals surface area contributed by atoms with Crippen molar-refractivity contribution in [3.63, 3.8) is 0 Å². The van der Waals surface area contributed by atoms with Crippen LogP contribution in [0.25, 0.3) is 0 Å². The van der Waals surface area contributed by atoms with Crippen molar-refractivity contribution >= 4 is 23.4 Å². The molecule has 3 amide bonds. The number of likely N-dealkylation sites (tertiary alicyclic amines) is 1. The number of methoxy groups -OCH3 is 2. The Bertz CT molecular complexity index is 1550. The molecule has 0 aromatic heterocycles. The van der Waals surface area contributed by atoms with Gasteiger partial charge in [0.2, 0.25) is 5.91 Å². The van der Waals surface area contributed by atoms with E-state index in [9.17, 15) is 14.4 Å². The van der Waals surface area contributed by atoms with E-state index in [2.05, 4.69) is 5.32 Å². The van der Waals surface area contributed by atoms with Crippen molar-refractivity contribution < 1.29 is 23.9 Å². The Morgan fingerprint density at radius 1 is 0.738 bits per heavy atom. The third kappa shape index (κ3) is 5.56. The fourth-order valence-corrected chi connectivity index (χ4v) is 5.79. The molecule has 4 aromatic rings. The maximum Gasteiger partial charge on any atom is 0.323 e. The van der Waals surface area contributed by atoms with Crippen molar-refractivity contribution in [3.8, 4) is 11.5 Å². The van der Waals surface area contributed by atoms with E-state index in [0.29, 0.717) is 22.7 Å². The predicted octanol–water partition coefficient (Wildman–Crippen LogP) is 5.74. The number of anilines is 1. The highest BCUT2D eigenvalue weighted by Gasteiger charge is 2.57. The first-order valence-electron chi connectivity index (χ1n) is 13.6. The molecule has 214 valence electrons. The fraction of sp³-hybridized carbons (Fsp3) is 0.206. The van der Waals surface area contributed by atoms with Crippen LogP contribution in [0.4, 0.5) is 10.5 Å². The summed E-state index contributed by atoms with van der Waals surface area (Å²) in [6.45, 7) is 1.96. The maximum absolute atomic E-state index is 14.5. The Hall–Kier alpha value is -5.11. The SMILES string of the molecule is COc1ccc(NC(=O)N2C(C(N)=O)C(c3ccccc3)C(C(=O)c3ccc(OC)cc3)C2c2ccc(C)cc2)cc1. The largest absolute Gasteiger partial charge is 0.497 e. The van der Waals surface area contributed by atoms with E-state index in [4.69, 9.17) is 15.2 Å². The van der Waals surface area contributed by atoms with Gasteiger partial charge in [0.25, 0.3) is 0 Å². The number of nitrogens with one attached hydrogen (secondary N) is 1. The number of nitrogens with two attached hydrogens (primary N) is 1. The third-order valence-electron chi connectivity index (χ3n) is 7.81. The lowest BCUT2D eigenvalue weighted by atomic mass is 9.76. The van der Waals surface area contributed by atoms with Crippen molar-refractivity contribution in [3.05, 3.63) is 125 Å². The molecule has 1 aliphatic heterocycles. The van der Waals surface area contributed by atoms with Crippen LogP contribution < -0.4 is 20.5 Å². The molecular formula is C34H33N3O5. The van der Waals surface area contributed by atoms with Crippen LogP contribution in [0.1, 0.15) is 39.0 Å². The van der Waals surface area contributed by atoms with Crippen LogP contribution >= 0.6 is 0 Å². The number of ether oxygens (including phenoxy) is 2. The number of carbonyl (C=O) groups is 3. The van der Waals surface area contributed by atoms with E-state index >= 15 is 0 Å². The molecule has 1 fully saturated rings. The summed E-state index contributed by atoms with van der Waals surface area (Å²) in [7, 11) is 3.12. The summed E-state index contributed by atoms with van der Waals surface area (Å²) in [5.41, 5.74) is 9.52. The van der Waals surface area contributed by atoms with E-state index in [-0.39, 0.29) is 5.78 Å². The van der Waals surface area contributed by atoms with Crippen LogP contribution in [0.5, 0.6) is 11.5 Å². The number of benzene rings is 4. The first-order valence-corrected chi connectivity index (χ1v) is 13.6. The fourth-order valence-electron chi connectivity index (χ4n) is 5.79. The molecule has 0 aliphatic carbocycles. The van der Waals surface area contributed by atoms with Gasteiger partial charge in [0.1, 0.15) is 17.5 Å². The zero-order chi connectivity index (χ0) is 29.8. The molecular weight excluding hydrogens is 530 g/mol. The molecule has 1 heterocycles. The third-order valence-corrected chi connectivity index (χ3v) is 7.81. The second-order valence-electron chi connectivity index (χ2n) is 10.3. The van der Waals surface area contributed by atoms with Gasteiger partial charge in [-0.2, -0.15) is 0 Å². The number of aryl methyl sites for hydroxylation is 1. The van der Waals surface area contributed by atoms with E-state index in [1.807, 2.05) is 61.5 Å². The number of ketones is 1. The van der Waals surface area contributed by atoms with Crippen LogP contribution in [0.3, 0.4) is 0 Å². The van der Waals surface area contributed by atoms with Crippen molar-refractivity contribution in [1.82, 2.24) is 4.90 Å². The minimum atomic E-state index is -1.11. The average molecular weight is 564 g/mol. The summed E-state index contributed by atoms with van der Waals surface area (Å²) in [5.74, 6) is -1.17. The van der Waals surface area contributed by atoms with Gasteiger partial charge in [-0.05, 0) is 66.6 Å². The van der Waals surface area contributed by atoms with Crippen molar-refractivity contribution in [2.24, 2.45) is 11.7 Å². The quantitative estimate of drug-likeness (QED) is 0.266. The van der Waals surface area contributed by atoms with Crippen molar-refractivity contribution in [2.75, 3.05) is 19.5 Å². The van der Waals surface area contributed by atoms with Gasteiger partial charge in [0.05, 0.1) is 26.2 Å². The second kappa shape index (κ2) is 12.2. The van der Waals surface area contributed by atoms with Crippen LogP contribution in [0, 0.1) is 12.8 Å². The van der Waals surface area contributed by atoms with Gasteiger partial charge >= 0.3 is 6.03 Å². The van der Waals surface area contributed by atoms with E-state index in [1.165, 1.54) is 4.90 Å². The zero-order valence-electron chi connectivity index (χ0n) is 23.7. The first-order chi connectivity index (χ1) is 20.3. The minimum Gasteiger partial charge on any atom is -0.497 e. The summed E-state index contributed by atoms with van der Waals surface area (Å²) in [5, 5.41) is 2.91. The molecule has 4 aromatic carbocycles. The Balaban J connectivity index is 1.68. The lowest BCUT2D eigenvalue weighted by Gasteiger charge is -2.31.